The Bertz CT molecular complexity index is 708. The number of ether oxygens (including phenoxy) is 1. The number of rotatable bonds is 7. The predicted octanol–water partition coefficient (Wildman–Crippen LogP) is 3.14. The zero-order valence-electron chi connectivity index (χ0n) is 15.3. The molecule has 1 fully saturated rings. The maximum Gasteiger partial charge on any atom is 0.173 e. The van der Waals surface area contributed by atoms with Crippen LogP contribution in [0.4, 0.5) is 10.1 Å². The summed E-state index contributed by atoms with van der Waals surface area (Å²) in [7, 11) is 0. The van der Waals surface area contributed by atoms with Crippen molar-refractivity contribution < 1.29 is 9.13 Å². The SMILES string of the molecule is Fc1ccc(NC(=S)N(CCCN2CCOCC2)Cc2ccncc2)cc1. The van der Waals surface area contributed by atoms with Crippen molar-refractivity contribution in [2.45, 2.75) is 13.0 Å². The summed E-state index contributed by atoms with van der Waals surface area (Å²) in [4.78, 5) is 8.64. The van der Waals surface area contributed by atoms with Crippen LogP contribution in [-0.4, -0.2) is 59.3 Å². The Labute approximate surface area is 165 Å². The first kappa shape index (κ1) is 19.7. The Morgan fingerprint density at radius 1 is 1.15 bits per heavy atom. The topological polar surface area (TPSA) is 40.6 Å². The fraction of sp³-hybridized carbons (Fsp3) is 0.400. The maximum absolute atomic E-state index is 13.1. The molecule has 0 amide bonds. The Morgan fingerprint density at radius 2 is 1.85 bits per heavy atom. The average Bonchev–Trinajstić information content (AvgIpc) is 2.70. The molecular formula is C20H25FN4OS. The molecule has 0 unspecified atom stereocenters. The molecule has 0 atom stereocenters. The molecule has 0 spiro atoms. The number of hydrogen-bond acceptors (Lipinski definition) is 4. The molecule has 27 heavy (non-hydrogen) atoms. The number of hydrogen-bond donors (Lipinski definition) is 1. The van der Waals surface area contributed by atoms with Crippen LogP contribution in [0.2, 0.25) is 0 Å². The highest BCUT2D eigenvalue weighted by molar-refractivity contribution is 7.80. The normalized spacial score (nSPS) is 14.7. The van der Waals surface area contributed by atoms with Crippen molar-refractivity contribution in [3.05, 3.63) is 60.2 Å². The smallest absolute Gasteiger partial charge is 0.173 e. The lowest BCUT2D eigenvalue weighted by atomic mass is 10.2. The van der Waals surface area contributed by atoms with Crippen molar-refractivity contribution in [3.63, 3.8) is 0 Å². The van der Waals surface area contributed by atoms with E-state index in [4.69, 9.17) is 17.0 Å². The van der Waals surface area contributed by atoms with E-state index in [0.717, 1.165) is 57.1 Å². The van der Waals surface area contributed by atoms with E-state index < -0.39 is 0 Å². The van der Waals surface area contributed by atoms with Gasteiger partial charge in [-0.25, -0.2) is 4.39 Å². The van der Waals surface area contributed by atoms with Crippen LogP contribution in [0.3, 0.4) is 0 Å². The molecular weight excluding hydrogens is 363 g/mol. The predicted molar refractivity (Wildman–Crippen MR) is 109 cm³/mol. The van der Waals surface area contributed by atoms with E-state index in [0.29, 0.717) is 11.7 Å². The van der Waals surface area contributed by atoms with Gasteiger partial charge in [0, 0.05) is 50.8 Å². The minimum Gasteiger partial charge on any atom is -0.379 e. The molecule has 1 aliphatic rings. The number of benzene rings is 1. The van der Waals surface area contributed by atoms with Gasteiger partial charge >= 0.3 is 0 Å². The van der Waals surface area contributed by atoms with Gasteiger partial charge in [-0.15, -0.1) is 0 Å². The van der Waals surface area contributed by atoms with Gasteiger partial charge in [0.05, 0.1) is 13.2 Å². The molecule has 1 saturated heterocycles. The van der Waals surface area contributed by atoms with Gasteiger partial charge in [0.25, 0.3) is 0 Å². The summed E-state index contributed by atoms with van der Waals surface area (Å²) in [6, 6.07) is 10.2. The van der Waals surface area contributed by atoms with E-state index in [-0.39, 0.29) is 5.82 Å². The fourth-order valence-corrected chi connectivity index (χ4v) is 3.28. The number of anilines is 1. The molecule has 0 bridgehead atoms. The van der Waals surface area contributed by atoms with Gasteiger partial charge in [0.2, 0.25) is 0 Å². The third-order valence-electron chi connectivity index (χ3n) is 4.51. The van der Waals surface area contributed by atoms with Crippen molar-refractivity contribution in [1.82, 2.24) is 14.8 Å². The van der Waals surface area contributed by atoms with Gasteiger partial charge in [0.1, 0.15) is 5.82 Å². The molecule has 0 radical (unpaired) electrons. The van der Waals surface area contributed by atoms with Gasteiger partial charge in [-0.3, -0.25) is 9.88 Å². The van der Waals surface area contributed by atoms with Crippen LogP contribution in [0.25, 0.3) is 0 Å². The first-order valence-electron chi connectivity index (χ1n) is 9.21. The quantitative estimate of drug-likeness (QED) is 0.735. The Hall–Kier alpha value is -2.09. The van der Waals surface area contributed by atoms with Crippen molar-refractivity contribution in [2.75, 3.05) is 44.7 Å². The van der Waals surface area contributed by atoms with Gasteiger partial charge in [-0.05, 0) is 60.6 Å². The first-order chi connectivity index (χ1) is 13.2. The molecule has 3 rings (SSSR count). The minimum atomic E-state index is -0.259. The van der Waals surface area contributed by atoms with Crippen molar-refractivity contribution in [2.24, 2.45) is 0 Å². The third kappa shape index (κ3) is 6.53. The number of pyridine rings is 1. The number of morpholine rings is 1. The number of nitrogens with zero attached hydrogens (tertiary/aromatic N) is 3. The van der Waals surface area contributed by atoms with Crippen LogP contribution >= 0.6 is 12.2 Å². The number of halogens is 1. The van der Waals surface area contributed by atoms with Crippen LogP contribution in [0.1, 0.15) is 12.0 Å². The van der Waals surface area contributed by atoms with Crippen LogP contribution in [0.15, 0.2) is 48.8 Å². The highest BCUT2D eigenvalue weighted by Gasteiger charge is 2.14. The lowest BCUT2D eigenvalue weighted by Crippen LogP contribution is -2.40. The molecule has 144 valence electrons. The molecule has 1 aliphatic heterocycles. The molecule has 1 aromatic carbocycles. The average molecular weight is 389 g/mol. The monoisotopic (exact) mass is 388 g/mol. The van der Waals surface area contributed by atoms with Gasteiger partial charge in [0.15, 0.2) is 5.11 Å². The molecule has 2 heterocycles. The molecule has 0 saturated carbocycles. The summed E-state index contributed by atoms with van der Waals surface area (Å²) in [5.41, 5.74) is 1.94. The van der Waals surface area contributed by atoms with Crippen molar-refractivity contribution >= 4 is 23.0 Å². The minimum absolute atomic E-state index is 0.259. The van der Waals surface area contributed by atoms with Gasteiger partial charge < -0.3 is 15.0 Å². The lowest BCUT2D eigenvalue weighted by Gasteiger charge is -2.29. The Morgan fingerprint density at radius 3 is 2.56 bits per heavy atom. The summed E-state index contributed by atoms with van der Waals surface area (Å²) in [5, 5.41) is 3.86. The van der Waals surface area contributed by atoms with E-state index >= 15 is 0 Å². The first-order valence-corrected chi connectivity index (χ1v) is 9.62. The Balaban J connectivity index is 1.59. The molecule has 1 aromatic heterocycles. The number of nitrogens with one attached hydrogen (secondary N) is 1. The van der Waals surface area contributed by atoms with Crippen LogP contribution in [-0.2, 0) is 11.3 Å². The summed E-state index contributed by atoms with van der Waals surface area (Å²) < 4.78 is 18.5. The standard InChI is InChI=1S/C20H25FN4OS/c21-18-2-4-19(5-3-18)23-20(27)25(16-17-6-8-22-9-7-17)11-1-10-24-12-14-26-15-13-24/h2-9H,1,10-16H2,(H,23,27). The molecule has 2 aromatic rings. The largest absolute Gasteiger partial charge is 0.379 e. The summed E-state index contributed by atoms with van der Waals surface area (Å²) >= 11 is 5.63. The zero-order chi connectivity index (χ0) is 18.9. The third-order valence-corrected chi connectivity index (χ3v) is 4.87. The van der Waals surface area contributed by atoms with Gasteiger partial charge in [-0.1, -0.05) is 0 Å². The molecule has 5 nitrogen and oxygen atoms in total. The second-order valence-corrected chi connectivity index (χ2v) is 6.91. The second-order valence-electron chi connectivity index (χ2n) is 6.52. The zero-order valence-corrected chi connectivity index (χ0v) is 16.1. The maximum atomic E-state index is 13.1. The van der Waals surface area contributed by atoms with Gasteiger partial charge in [-0.2, -0.15) is 0 Å². The summed E-state index contributed by atoms with van der Waals surface area (Å²) in [6.45, 7) is 6.17. The van der Waals surface area contributed by atoms with E-state index in [9.17, 15) is 4.39 Å². The van der Waals surface area contributed by atoms with Crippen LogP contribution in [0.5, 0.6) is 0 Å². The number of thiocarbonyl (C=S) groups is 1. The number of aromatic nitrogens is 1. The highest BCUT2D eigenvalue weighted by Crippen LogP contribution is 2.12. The van der Waals surface area contributed by atoms with E-state index in [2.05, 4.69) is 20.1 Å². The lowest BCUT2D eigenvalue weighted by molar-refractivity contribution is 0.0368. The second kappa shape index (κ2) is 10.3. The summed E-state index contributed by atoms with van der Waals surface area (Å²) in [6.07, 6.45) is 4.59. The van der Waals surface area contributed by atoms with E-state index in [1.54, 1.807) is 24.5 Å². The fourth-order valence-electron chi connectivity index (χ4n) is 3.01. The highest BCUT2D eigenvalue weighted by atomic mass is 32.1. The molecule has 1 N–H and O–H groups in total. The molecule has 0 aliphatic carbocycles. The van der Waals surface area contributed by atoms with Crippen LogP contribution in [0, 0.1) is 5.82 Å². The van der Waals surface area contributed by atoms with Crippen LogP contribution < -0.4 is 5.32 Å². The molecule has 7 heteroatoms. The summed E-state index contributed by atoms with van der Waals surface area (Å²) in [5.74, 6) is -0.259. The van der Waals surface area contributed by atoms with Crippen molar-refractivity contribution in [3.8, 4) is 0 Å². The Kier molecular flexibility index (Phi) is 7.50. The van der Waals surface area contributed by atoms with Crippen molar-refractivity contribution in [1.29, 1.82) is 0 Å². The van der Waals surface area contributed by atoms with E-state index in [1.165, 1.54) is 12.1 Å². The van der Waals surface area contributed by atoms with E-state index in [1.807, 2.05) is 12.1 Å².